The van der Waals surface area contributed by atoms with Gasteiger partial charge in [-0.15, -0.1) is 0 Å². The molecule has 0 atom stereocenters. The Hall–Kier alpha value is -0.900. The van der Waals surface area contributed by atoms with Crippen LogP contribution in [-0.4, -0.2) is 20.3 Å². The fraction of sp³-hybridized carbons (Fsp3) is 0.500. The number of methoxy groups -OCH3 is 1. The number of allylic oxidation sites excluding steroid dienone is 1. The fourth-order valence-corrected chi connectivity index (χ4v) is 0.682. The first-order valence-corrected chi connectivity index (χ1v) is 3.52. The summed E-state index contributed by atoms with van der Waals surface area (Å²) in [5, 5.41) is 2.52. The minimum Gasteiger partial charge on any atom is -0.393 e. The summed E-state index contributed by atoms with van der Waals surface area (Å²) < 4.78 is 29.6. The molecule has 1 N–H and O–H groups in total. The van der Waals surface area contributed by atoms with Gasteiger partial charge in [0.15, 0.2) is 0 Å². The van der Waals surface area contributed by atoms with Gasteiger partial charge in [0.05, 0.1) is 5.57 Å². The van der Waals surface area contributed by atoms with Gasteiger partial charge in [-0.05, 0) is 6.92 Å². The summed E-state index contributed by atoms with van der Waals surface area (Å²) in [6.07, 6.45) is 0.787. The molecule has 0 bridgehead atoms. The van der Waals surface area contributed by atoms with E-state index in [2.05, 4.69) is 10.1 Å². The molecule has 4 heteroatoms. The van der Waals surface area contributed by atoms with E-state index in [0.717, 1.165) is 7.11 Å². The minimum absolute atomic E-state index is 0.199. The third-order valence-corrected chi connectivity index (χ3v) is 1.24. The number of hydrogen-bond acceptors (Lipinski definition) is 2. The Morgan fingerprint density at radius 2 is 2.08 bits per heavy atom. The molecule has 0 heterocycles. The van der Waals surface area contributed by atoms with Crippen LogP contribution in [0.5, 0.6) is 0 Å². The third kappa shape index (κ3) is 3.00. The van der Waals surface area contributed by atoms with E-state index in [1.807, 2.05) is 0 Å². The van der Waals surface area contributed by atoms with Gasteiger partial charge in [-0.1, -0.05) is 12.2 Å². The predicted molar refractivity (Wildman–Crippen MR) is 43.9 cm³/mol. The molecule has 0 amide bonds. The first-order valence-electron chi connectivity index (χ1n) is 3.52. The van der Waals surface area contributed by atoms with Crippen LogP contribution in [0, 0.1) is 0 Å². The Morgan fingerprint density at radius 1 is 1.50 bits per heavy atom. The topological polar surface area (TPSA) is 21.3 Å². The molecule has 0 fully saturated rings. The molecule has 0 aromatic heterocycles. The molecule has 0 aliphatic carbocycles. The zero-order valence-corrected chi connectivity index (χ0v) is 7.40. The normalized spacial score (nSPS) is 13.9. The molecule has 0 aliphatic rings. The highest BCUT2D eigenvalue weighted by atomic mass is 19.3. The number of ether oxygens (including phenoxy) is 1. The molecule has 12 heavy (non-hydrogen) atoms. The van der Waals surface area contributed by atoms with E-state index < -0.39 is 6.11 Å². The molecule has 0 saturated carbocycles. The van der Waals surface area contributed by atoms with Gasteiger partial charge in [0.2, 0.25) is 0 Å². The third-order valence-electron chi connectivity index (χ3n) is 1.24. The second-order valence-electron chi connectivity index (χ2n) is 2.11. The van der Waals surface area contributed by atoms with Gasteiger partial charge in [-0.3, -0.25) is 0 Å². The molecule has 0 unspecified atom stereocenters. The van der Waals surface area contributed by atoms with Gasteiger partial charge in [-0.2, -0.15) is 8.78 Å². The maximum Gasteiger partial charge on any atom is 0.384 e. The van der Waals surface area contributed by atoms with Gasteiger partial charge in [0.1, 0.15) is 0 Å². The van der Waals surface area contributed by atoms with Crippen LogP contribution in [0.3, 0.4) is 0 Å². The van der Waals surface area contributed by atoms with E-state index in [4.69, 9.17) is 0 Å². The Kier molecular flexibility index (Phi) is 4.51. The molecular weight excluding hydrogens is 164 g/mol. The first kappa shape index (κ1) is 11.1. The molecule has 70 valence electrons. The molecular formula is C8H13F2NO. The maximum atomic E-state index is 12.8. The Labute approximate surface area is 70.9 Å². The van der Waals surface area contributed by atoms with Crippen molar-refractivity contribution in [2.24, 2.45) is 0 Å². The number of alkyl halides is 2. The largest absolute Gasteiger partial charge is 0.393 e. The van der Waals surface area contributed by atoms with E-state index >= 15 is 0 Å². The molecule has 0 aromatic rings. The zero-order valence-electron chi connectivity index (χ0n) is 7.40. The maximum absolute atomic E-state index is 12.8. The predicted octanol–water partition coefficient (Wildman–Crippen LogP) is 1.91. The van der Waals surface area contributed by atoms with E-state index in [1.165, 1.54) is 18.4 Å². The lowest BCUT2D eigenvalue weighted by Crippen LogP contribution is -2.22. The van der Waals surface area contributed by atoms with Crippen molar-refractivity contribution in [3.63, 3.8) is 0 Å². The summed E-state index contributed by atoms with van der Waals surface area (Å²) in [5.74, 6) is 0. The van der Waals surface area contributed by atoms with Crippen molar-refractivity contribution in [2.75, 3.05) is 14.2 Å². The van der Waals surface area contributed by atoms with Gasteiger partial charge < -0.3 is 10.1 Å². The summed E-state index contributed by atoms with van der Waals surface area (Å²) in [4.78, 5) is 0. The molecule has 0 spiro atoms. The first-order chi connectivity index (χ1) is 5.58. The number of hydrogen-bond donors (Lipinski definition) is 1. The standard InChI is InChI=1S/C8H13F2NO/c1-4-5-7(6-11-2)8(9,10)12-3/h4-6,11H,1-3H3/b5-4-,7-6+. The molecule has 0 aromatic carbocycles. The Balaban J connectivity index is 4.62. The Bertz CT molecular complexity index is 187. The summed E-state index contributed by atoms with van der Waals surface area (Å²) in [6.45, 7) is 1.66. The molecule has 0 aliphatic heterocycles. The summed E-state index contributed by atoms with van der Waals surface area (Å²) >= 11 is 0. The number of halogens is 2. The zero-order chi connectivity index (χ0) is 9.61. The van der Waals surface area contributed by atoms with Crippen LogP contribution in [0.25, 0.3) is 0 Å². The van der Waals surface area contributed by atoms with Crippen LogP contribution in [0.1, 0.15) is 6.92 Å². The molecule has 0 radical (unpaired) electrons. The summed E-state index contributed by atoms with van der Waals surface area (Å²) in [6, 6.07) is 0. The molecule has 0 saturated heterocycles. The number of rotatable bonds is 4. The fourth-order valence-electron chi connectivity index (χ4n) is 0.682. The van der Waals surface area contributed by atoms with Crippen LogP contribution in [0.2, 0.25) is 0 Å². The van der Waals surface area contributed by atoms with Crippen molar-refractivity contribution in [3.8, 4) is 0 Å². The Morgan fingerprint density at radius 3 is 2.42 bits per heavy atom. The summed E-state index contributed by atoms with van der Waals surface area (Å²) in [7, 11) is 2.52. The second-order valence-corrected chi connectivity index (χ2v) is 2.11. The van der Waals surface area contributed by atoms with Crippen molar-refractivity contribution in [1.82, 2.24) is 5.32 Å². The van der Waals surface area contributed by atoms with Crippen LogP contribution < -0.4 is 5.32 Å². The van der Waals surface area contributed by atoms with E-state index in [9.17, 15) is 8.78 Å². The van der Waals surface area contributed by atoms with Crippen LogP contribution in [0.4, 0.5) is 8.78 Å². The average Bonchev–Trinajstić information content (AvgIpc) is 2.04. The quantitative estimate of drug-likeness (QED) is 0.662. The van der Waals surface area contributed by atoms with Crippen molar-refractivity contribution in [1.29, 1.82) is 0 Å². The van der Waals surface area contributed by atoms with Gasteiger partial charge >= 0.3 is 6.11 Å². The van der Waals surface area contributed by atoms with Gasteiger partial charge in [0, 0.05) is 20.4 Å². The van der Waals surface area contributed by atoms with E-state index in [0.29, 0.717) is 0 Å². The van der Waals surface area contributed by atoms with Crippen LogP contribution >= 0.6 is 0 Å². The van der Waals surface area contributed by atoms with E-state index in [1.54, 1.807) is 14.0 Å². The van der Waals surface area contributed by atoms with Crippen LogP contribution in [0.15, 0.2) is 23.9 Å². The highest BCUT2D eigenvalue weighted by Gasteiger charge is 2.32. The SMILES string of the molecule is C/C=C\C(=C/NC)C(F)(F)OC. The van der Waals surface area contributed by atoms with Crippen molar-refractivity contribution in [2.45, 2.75) is 13.0 Å². The molecule has 0 rings (SSSR count). The highest BCUT2D eigenvalue weighted by Crippen LogP contribution is 2.24. The van der Waals surface area contributed by atoms with Gasteiger partial charge in [-0.25, -0.2) is 0 Å². The second kappa shape index (κ2) is 4.87. The lowest BCUT2D eigenvalue weighted by molar-refractivity contribution is -0.187. The van der Waals surface area contributed by atoms with Crippen molar-refractivity contribution >= 4 is 0 Å². The lowest BCUT2D eigenvalue weighted by Gasteiger charge is -2.14. The highest BCUT2D eigenvalue weighted by molar-refractivity contribution is 5.22. The van der Waals surface area contributed by atoms with Gasteiger partial charge in [0.25, 0.3) is 0 Å². The monoisotopic (exact) mass is 177 g/mol. The number of nitrogens with one attached hydrogen (secondary N) is 1. The average molecular weight is 177 g/mol. The van der Waals surface area contributed by atoms with E-state index in [-0.39, 0.29) is 5.57 Å². The van der Waals surface area contributed by atoms with Crippen molar-refractivity contribution in [3.05, 3.63) is 23.9 Å². The molecule has 2 nitrogen and oxygen atoms in total. The minimum atomic E-state index is -3.23. The summed E-state index contributed by atoms with van der Waals surface area (Å²) in [5.41, 5.74) is -0.199. The van der Waals surface area contributed by atoms with Crippen molar-refractivity contribution < 1.29 is 13.5 Å². The van der Waals surface area contributed by atoms with Crippen LogP contribution in [-0.2, 0) is 4.74 Å². The smallest absolute Gasteiger partial charge is 0.384 e. The lowest BCUT2D eigenvalue weighted by atomic mass is 10.2.